The normalized spacial score (nSPS) is 21.4. The van der Waals surface area contributed by atoms with E-state index in [-0.39, 0.29) is 41.6 Å². The molecule has 1 atom stereocenters. The molecule has 4 rings (SSSR count). The Balaban J connectivity index is 1.53. The molecular weight excluding hydrogens is 514 g/mol. The molecule has 1 aromatic carbocycles. The first-order chi connectivity index (χ1) is 19.0. The Labute approximate surface area is 236 Å². The zero-order valence-electron chi connectivity index (χ0n) is 24.4. The number of amides is 3. The Morgan fingerprint density at radius 3 is 2.15 bits per heavy atom. The van der Waals surface area contributed by atoms with Gasteiger partial charge in [0.25, 0.3) is 5.91 Å². The number of piperidine rings is 2. The van der Waals surface area contributed by atoms with Gasteiger partial charge in [-0.3, -0.25) is 24.1 Å². The standard InChI is InChI=1S/C30H43N3O7/c1-6-39-28(37)22-11-15-32(16-12-22)27(36)24-20-40-30(13-17-31(18-14-30)25(34)19-29(2,3)4)33(24)26(35)21-7-9-23(38-5)10-8-21/h7-10,22,24H,6,11-20H2,1-5H3. The molecule has 3 amide bonds. The molecule has 3 fully saturated rings. The minimum atomic E-state index is -0.973. The van der Waals surface area contributed by atoms with Crippen molar-refractivity contribution in [2.45, 2.75) is 71.6 Å². The van der Waals surface area contributed by atoms with E-state index >= 15 is 0 Å². The molecule has 3 saturated heterocycles. The Hall–Kier alpha value is -3.14. The lowest BCUT2D eigenvalue weighted by Crippen LogP contribution is -2.60. The number of carbonyl (C=O) groups is 4. The summed E-state index contributed by atoms with van der Waals surface area (Å²) in [6.07, 6.45) is 2.36. The van der Waals surface area contributed by atoms with Crippen LogP contribution in [0.25, 0.3) is 0 Å². The molecule has 220 valence electrons. The fraction of sp³-hybridized carbons (Fsp3) is 0.667. The second-order valence-corrected chi connectivity index (χ2v) is 12.1. The lowest BCUT2D eigenvalue weighted by molar-refractivity contribution is -0.152. The van der Waals surface area contributed by atoms with Crippen molar-refractivity contribution >= 4 is 23.7 Å². The Morgan fingerprint density at radius 1 is 0.975 bits per heavy atom. The number of benzene rings is 1. The summed E-state index contributed by atoms with van der Waals surface area (Å²) in [6.45, 7) is 10.1. The van der Waals surface area contributed by atoms with Crippen LogP contribution in [-0.4, -0.2) is 96.7 Å². The minimum Gasteiger partial charge on any atom is -0.497 e. The molecule has 3 heterocycles. The van der Waals surface area contributed by atoms with Gasteiger partial charge in [0.05, 0.1) is 26.2 Å². The molecule has 3 aliphatic heterocycles. The zero-order valence-corrected chi connectivity index (χ0v) is 24.4. The van der Waals surface area contributed by atoms with Crippen LogP contribution in [0.15, 0.2) is 24.3 Å². The maximum atomic E-state index is 14.0. The number of likely N-dealkylation sites (tertiary alicyclic amines) is 2. The summed E-state index contributed by atoms with van der Waals surface area (Å²) in [5.74, 6) is -0.178. The molecule has 0 bridgehead atoms. The lowest BCUT2D eigenvalue weighted by Gasteiger charge is -2.45. The summed E-state index contributed by atoms with van der Waals surface area (Å²) >= 11 is 0. The van der Waals surface area contributed by atoms with Gasteiger partial charge in [0.15, 0.2) is 0 Å². The summed E-state index contributed by atoms with van der Waals surface area (Å²) < 4.78 is 16.8. The van der Waals surface area contributed by atoms with E-state index in [2.05, 4.69) is 0 Å². The number of hydrogen-bond donors (Lipinski definition) is 0. The first kappa shape index (κ1) is 29.8. The predicted octanol–water partition coefficient (Wildman–Crippen LogP) is 3.09. The minimum absolute atomic E-state index is 0.0884. The summed E-state index contributed by atoms with van der Waals surface area (Å²) in [5, 5.41) is 0. The number of nitrogens with zero attached hydrogens (tertiary/aromatic N) is 3. The summed E-state index contributed by atoms with van der Waals surface area (Å²) in [6, 6.07) is 6.05. The highest BCUT2D eigenvalue weighted by Gasteiger charge is 2.55. The monoisotopic (exact) mass is 557 g/mol. The lowest BCUT2D eigenvalue weighted by atomic mass is 9.90. The second kappa shape index (κ2) is 12.2. The van der Waals surface area contributed by atoms with Crippen LogP contribution in [-0.2, 0) is 23.9 Å². The molecule has 10 nitrogen and oxygen atoms in total. The average Bonchev–Trinajstić information content (AvgIpc) is 3.30. The Kier molecular flexibility index (Phi) is 9.07. The number of carbonyl (C=O) groups excluding carboxylic acids is 4. The summed E-state index contributed by atoms with van der Waals surface area (Å²) in [7, 11) is 1.56. The van der Waals surface area contributed by atoms with Crippen molar-refractivity contribution in [1.29, 1.82) is 0 Å². The number of ether oxygens (including phenoxy) is 3. The van der Waals surface area contributed by atoms with E-state index < -0.39 is 11.8 Å². The van der Waals surface area contributed by atoms with Crippen molar-refractivity contribution < 1.29 is 33.4 Å². The molecule has 0 aromatic heterocycles. The van der Waals surface area contributed by atoms with Crippen LogP contribution in [0.3, 0.4) is 0 Å². The first-order valence-corrected chi connectivity index (χ1v) is 14.3. The third-order valence-electron chi connectivity index (χ3n) is 8.11. The van der Waals surface area contributed by atoms with Crippen LogP contribution < -0.4 is 4.74 Å². The van der Waals surface area contributed by atoms with Crippen LogP contribution in [0, 0.1) is 11.3 Å². The molecule has 1 aromatic rings. The van der Waals surface area contributed by atoms with Gasteiger partial charge in [-0.2, -0.15) is 0 Å². The SMILES string of the molecule is CCOC(=O)C1CCN(C(=O)C2COC3(CCN(C(=O)CC(C)(C)C)CC3)N2C(=O)c2ccc(OC)cc2)CC1. The van der Waals surface area contributed by atoms with Gasteiger partial charge >= 0.3 is 5.97 Å². The Bertz CT molecular complexity index is 1080. The molecule has 3 aliphatic rings. The van der Waals surface area contributed by atoms with Crippen LogP contribution >= 0.6 is 0 Å². The number of esters is 1. The van der Waals surface area contributed by atoms with E-state index in [9.17, 15) is 19.2 Å². The third-order valence-corrected chi connectivity index (χ3v) is 8.11. The van der Waals surface area contributed by atoms with Gasteiger partial charge in [-0.1, -0.05) is 20.8 Å². The quantitative estimate of drug-likeness (QED) is 0.495. The molecule has 1 unspecified atom stereocenters. The van der Waals surface area contributed by atoms with Crippen molar-refractivity contribution in [3.8, 4) is 5.75 Å². The van der Waals surface area contributed by atoms with E-state index in [4.69, 9.17) is 14.2 Å². The van der Waals surface area contributed by atoms with E-state index in [0.29, 0.717) is 76.2 Å². The van der Waals surface area contributed by atoms with Crippen molar-refractivity contribution in [2.24, 2.45) is 11.3 Å². The van der Waals surface area contributed by atoms with E-state index in [1.807, 2.05) is 25.7 Å². The van der Waals surface area contributed by atoms with E-state index in [1.54, 1.807) is 48.1 Å². The third kappa shape index (κ3) is 6.43. The van der Waals surface area contributed by atoms with E-state index in [1.165, 1.54) is 0 Å². The van der Waals surface area contributed by atoms with Crippen LogP contribution in [0.2, 0.25) is 0 Å². The molecule has 0 saturated carbocycles. The van der Waals surface area contributed by atoms with Gasteiger partial charge in [-0.15, -0.1) is 0 Å². The van der Waals surface area contributed by atoms with Crippen molar-refractivity contribution in [3.63, 3.8) is 0 Å². The molecule has 0 radical (unpaired) electrons. The second-order valence-electron chi connectivity index (χ2n) is 12.1. The van der Waals surface area contributed by atoms with Gasteiger partial charge in [0.1, 0.15) is 17.5 Å². The average molecular weight is 558 g/mol. The maximum absolute atomic E-state index is 14.0. The highest BCUT2D eigenvalue weighted by Crippen LogP contribution is 2.40. The van der Waals surface area contributed by atoms with E-state index in [0.717, 1.165) is 0 Å². The van der Waals surface area contributed by atoms with Gasteiger partial charge in [0.2, 0.25) is 11.8 Å². The fourth-order valence-electron chi connectivity index (χ4n) is 5.91. The van der Waals surface area contributed by atoms with Gasteiger partial charge in [-0.25, -0.2) is 0 Å². The van der Waals surface area contributed by atoms with Gasteiger partial charge in [0, 0.05) is 51.0 Å². The largest absolute Gasteiger partial charge is 0.497 e. The molecular formula is C30H43N3O7. The predicted molar refractivity (Wildman–Crippen MR) is 147 cm³/mol. The Morgan fingerprint density at radius 2 is 1.60 bits per heavy atom. The van der Waals surface area contributed by atoms with Crippen molar-refractivity contribution in [3.05, 3.63) is 29.8 Å². The molecule has 0 aliphatic carbocycles. The van der Waals surface area contributed by atoms with Crippen molar-refractivity contribution in [2.75, 3.05) is 46.5 Å². The van der Waals surface area contributed by atoms with Crippen molar-refractivity contribution in [1.82, 2.24) is 14.7 Å². The van der Waals surface area contributed by atoms with Crippen LogP contribution in [0.5, 0.6) is 5.75 Å². The number of methoxy groups -OCH3 is 1. The summed E-state index contributed by atoms with van der Waals surface area (Å²) in [5.41, 5.74) is -0.653. The van der Waals surface area contributed by atoms with Gasteiger partial charge in [-0.05, 0) is 49.4 Å². The van der Waals surface area contributed by atoms with Crippen LogP contribution in [0.4, 0.5) is 0 Å². The summed E-state index contributed by atoms with van der Waals surface area (Å²) in [4.78, 5) is 58.2. The molecule has 10 heteroatoms. The smallest absolute Gasteiger partial charge is 0.309 e. The highest BCUT2D eigenvalue weighted by atomic mass is 16.5. The first-order valence-electron chi connectivity index (χ1n) is 14.3. The molecule has 40 heavy (non-hydrogen) atoms. The fourth-order valence-corrected chi connectivity index (χ4v) is 5.91. The zero-order chi connectivity index (χ0) is 29.1. The maximum Gasteiger partial charge on any atom is 0.309 e. The molecule has 1 spiro atoms. The number of hydrogen-bond acceptors (Lipinski definition) is 7. The number of rotatable bonds is 6. The molecule has 0 N–H and O–H groups in total. The van der Waals surface area contributed by atoms with Gasteiger partial charge < -0.3 is 24.0 Å². The van der Waals surface area contributed by atoms with Crippen LogP contribution in [0.1, 0.15) is 70.2 Å². The highest BCUT2D eigenvalue weighted by molar-refractivity contribution is 5.98. The topological polar surface area (TPSA) is 106 Å².